The summed E-state index contributed by atoms with van der Waals surface area (Å²) < 4.78 is 24.4. The fourth-order valence-corrected chi connectivity index (χ4v) is 4.26. The zero-order valence-corrected chi connectivity index (χ0v) is 19.0. The van der Waals surface area contributed by atoms with Gasteiger partial charge in [0.15, 0.2) is 5.96 Å². The molecule has 0 saturated carbocycles. The molecule has 0 radical (unpaired) electrons. The Bertz CT molecular complexity index is 770. The maximum atomic E-state index is 13.5. The summed E-state index contributed by atoms with van der Waals surface area (Å²) >= 11 is 0. The highest BCUT2D eigenvalue weighted by atomic mass is 19.1. The number of carbonyl (C=O) groups is 1. The summed E-state index contributed by atoms with van der Waals surface area (Å²) in [5.41, 5.74) is 0.472. The number of aliphatic imine (C=N–C) groups is 1. The van der Waals surface area contributed by atoms with Crippen molar-refractivity contribution in [1.29, 1.82) is 0 Å². The summed E-state index contributed by atoms with van der Waals surface area (Å²) in [6.07, 6.45) is 2.17. The predicted octanol–water partition coefficient (Wildman–Crippen LogP) is 3.05. The van der Waals surface area contributed by atoms with Gasteiger partial charge in [0, 0.05) is 45.3 Å². The molecule has 0 spiro atoms. The van der Waals surface area contributed by atoms with Crippen molar-refractivity contribution in [2.75, 3.05) is 39.9 Å². The van der Waals surface area contributed by atoms with Crippen LogP contribution in [0.2, 0.25) is 0 Å². The summed E-state index contributed by atoms with van der Waals surface area (Å²) in [5.74, 6) is 0.580. The smallest absolute Gasteiger partial charge is 0.407 e. The van der Waals surface area contributed by atoms with Gasteiger partial charge in [0.25, 0.3) is 0 Å². The highest BCUT2D eigenvalue weighted by Gasteiger charge is 2.36. The van der Waals surface area contributed by atoms with Crippen LogP contribution in [0, 0.1) is 5.82 Å². The number of rotatable bonds is 4. The summed E-state index contributed by atoms with van der Waals surface area (Å²) in [7, 11) is 1.77. The Morgan fingerprint density at radius 1 is 1.29 bits per heavy atom. The zero-order valence-electron chi connectivity index (χ0n) is 19.0. The molecule has 2 fully saturated rings. The fraction of sp³-hybridized carbons (Fsp3) is 0.652. The molecule has 0 bridgehead atoms. The van der Waals surface area contributed by atoms with E-state index in [2.05, 4.69) is 20.5 Å². The number of hydrogen-bond donors (Lipinski definition) is 2. The van der Waals surface area contributed by atoms with Gasteiger partial charge in [0.2, 0.25) is 0 Å². The molecule has 2 aliphatic heterocycles. The number of nitrogens with one attached hydrogen (secondary N) is 2. The minimum absolute atomic E-state index is 0.0162. The van der Waals surface area contributed by atoms with Crippen molar-refractivity contribution in [2.24, 2.45) is 4.99 Å². The average molecular weight is 435 g/mol. The lowest BCUT2D eigenvalue weighted by Crippen LogP contribution is -2.49. The quantitative estimate of drug-likeness (QED) is 0.563. The van der Waals surface area contributed by atoms with Gasteiger partial charge < -0.3 is 25.0 Å². The Hall–Kier alpha value is -2.35. The molecule has 8 heteroatoms. The summed E-state index contributed by atoms with van der Waals surface area (Å²) in [4.78, 5) is 18.7. The van der Waals surface area contributed by atoms with Crippen molar-refractivity contribution < 1.29 is 18.7 Å². The van der Waals surface area contributed by atoms with Crippen LogP contribution in [-0.4, -0.2) is 68.5 Å². The van der Waals surface area contributed by atoms with E-state index in [-0.39, 0.29) is 23.4 Å². The van der Waals surface area contributed by atoms with Crippen molar-refractivity contribution in [3.05, 3.63) is 35.6 Å². The van der Waals surface area contributed by atoms with Crippen LogP contribution in [-0.2, 0) is 14.9 Å². The summed E-state index contributed by atoms with van der Waals surface area (Å²) in [6, 6.07) is 6.81. The van der Waals surface area contributed by atoms with E-state index in [1.54, 1.807) is 7.05 Å². The highest BCUT2D eigenvalue weighted by molar-refractivity contribution is 5.80. The van der Waals surface area contributed by atoms with Gasteiger partial charge in [-0.25, -0.2) is 9.18 Å². The maximum absolute atomic E-state index is 13.5. The molecule has 1 atom stereocenters. The van der Waals surface area contributed by atoms with E-state index >= 15 is 0 Å². The molecule has 1 aromatic carbocycles. The molecule has 172 valence electrons. The van der Waals surface area contributed by atoms with E-state index in [9.17, 15) is 9.18 Å². The second kappa shape index (κ2) is 9.85. The Labute approximate surface area is 184 Å². The number of nitrogens with zero attached hydrogens (tertiary/aromatic N) is 2. The third-order valence-electron chi connectivity index (χ3n) is 5.91. The van der Waals surface area contributed by atoms with Crippen molar-refractivity contribution >= 4 is 12.1 Å². The van der Waals surface area contributed by atoms with Crippen LogP contribution >= 0.6 is 0 Å². The van der Waals surface area contributed by atoms with Gasteiger partial charge in [0.1, 0.15) is 11.4 Å². The Balaban J connectivity index is 1.60. The third-order valence-corrected chi connectivity index (χ3v) is 5.91. The Kier molecular flexibility index (Phi) is 7.41. The topological polar surface area (TPSA) is 75.2 Å². The van der Waals surface area contributed by atoms with Crippen LogP contribution < -0.4 is 10.6 Å². The van der Waals surface area contributed by atoms with Crippen molar-refractivity contribution in [2.45, 2.75) is 57.1 Å². The largest absolute Gasteiger partial charge is 0.444 e. The molecule has 0 aliphatic carbocycles. The lowest BCUT2D eigenvalue weighted by molar-refractivity contribution is 0.0507. The van der Waals surface area contributed by atoms with E-state index in [0.29, 0.717) is 26.3 Å². The van der Waals surface area contributed by atoms with Crippen LogP contribution in [0.1, 0.15) is 45.6 Å². The standard InChI is InChI=1S/C23H35FN4O3/c1-22(2,3)31-21(29)27-19-9-12-28(15-19)20(25-4)26-16-23(10-13-30-14-11-23)17-5-7-18(24)8-6-17/h5-8,19H,9-16H2,1-4H3,(H,25,26)(H,27,29). The number of halogens is 1. The minimum atomic E-state index is -0.516. The molecule has 2 N–H and O–H groups in total. The van der Waals surface area contributed by atoms with Gasteiger partial charge in [-0.15, -0.1) is 0 Å². The van der Waals surface area contributed by atoms with E-state index in [4.69, 9.17) is 9.47 Å². The molecular weight excluding hydrogens is 399 g/mol. The molecular formula is C23H35FN4O3. The van der Waals surface area contributed by atoms with Crippen molar-refractivity contribution in [3.63, 3.8) is 0 Å². The summed E-state index contributed by atoms with van der Waals surface area (Å²) in [5, 5.41) is 6.48. The highest BCUT2D eigenvalue weighted by Crippen LogP contribution is 2.34. The van der Waals surface area contributed by atoms with E-state index in [1.807, 2.05) is 32.9 Å². The maximum Gasteiger partial charge on any atom is 0.407 e. The van der Waals surface area contributed by atoms with Gasteiger partial charge in [0.05, 0.1) is 6.04 Å². The first-order valence-corrected chi connectivity index (χ1v) is 11.0. The first-order chi connectivity index (χ1) is 14.7. The fourth-order valence-electron chi connectivity index (χ4n) is 4.26. The average Bonchev–Trinajstić information content (AvgIpc) is 3.16. The zero-order chi connectivity index (χ0) is 22.5. The second-order valence-corrected chi connectivity index (χ2v) is 9.38. The first-order valence-electron chi connectivity index (χ1n) is 11.0. The van der Waals surface area contributed by atoms with Crippen molar-refractivity contribution in [1.82, 2.24) is 15.5 Å². The Morgan fingerprint density at radius 2 is 1.97 bits per heavy atom. The van der Waals surface area contributed by atoms with E-state index < -0.39 is 5.60 Å². The molecule has 2 heterocycles. The van der Waals surface area contributed by atoms with E-state index in [1.165, 1.54) is 12.1 Å². The minimum Gasteiger partial charge on any atom is -0.444 e. The molecule has 31 heavy (non-hydrogen) atoms. The summed E-state index contributed by atoms with van der Waals surface area (Å²) in [6.45, 7) is 9.09. The van der Waals surface area contributed by atoms with Gasteiger partial charge in [-0.1, -0.05) is 12.1 Å². The molecule has 7 nitrogen and oxygen atoms in total. The number of carbonyl (C=O) groups excluding carboxylic acids is 1. The number of ether oxygens (including phenoxy) is 2. The Morgan fingerprint density at radius 3 is 2.58 bits per heavy atom. The van der Waals surface area contributed by atoms with Gasteiger partial charge in [-0.3, -0.25) is 4.99 Å². The van der Waals surface area contributed by atoms with Crippen LogP contribution in [0.5, 0.6) is 0 Å². The predicted molar refractivity (Wildman–Crippen MR) is 119 cm³/mol. The molecule has 1 amide bonds. The second-order valence-electron chi connectivity index (χ2n) is 9.38. The lowest BCUT2D eigenvalue weighted by atomic mass is 9.74. The van der Waals surface area contributed by atoms with Crippen LogP contribution in [0.15, 0.2) is 29.3 Å². The number of benzene rings is 1. The molecule has 0 aromatic heterocycles. The van der Waals surface area contributed by atoms with Crippen molar-refractivity contribution in [3.8, 4) is 0 Å². The monoisotopic (exact) mass is 434 g/mol. The van der Waals surface area contributed by atoms with Crippen LogP contribution in [0.3, 0.4) is 0 Å². The normalized spacial score (nSPS) is 21.6. The number of likely N-dealkylation sites (tertiary alicyclic amines) is 1. The molecule has 2 aliphatic rings. The number of amides is 1. The van der Waals surface area contributed by atoms with E-state index in [0.717, 1.165) is 37.3 Å². The van der Waals surface area contributed by atoms with Gasteiger partial charge >= 0.3 is 6.09 Å². The van der Waals surface area contributed by atoms with Crippen LogP contribution in [0.4, 0.5) is 9.18 Å². The lowest BCUT2D eigenvalue weighted by Gasteiger charge is -2.39. The SMILES string of the molecule is CN=C(NCC1(c2ccc(F)cc2)CCOCC1)N1CCC(NC(=O)OC(C)(C)C)C1. The molecule has 1 unspecified atom stereocenters. The van der Waals surface area contributed by atoms with Crippen LogP contribution in [0.25, 0.3) is 0 Å². The van der Waals surface area contributed by atoms with Gasteiger partial charge in [-0.05, 0) is 57.7 Å². The number of hydrogen-bond acceptors (Lipinski definition) is 4. The number of alkyl carbamates (subject to hydrolysis) is 1. The first kappa shape index (κ1) is 23.3. The number of guanidine groups is 1. The molecule has 1 aromatic rings. The van der Waals surface area contributed by atoms with Gasteiger partial charge in [-0.2, -0.15) is 0 Å². The third kappa shape index (κ3) is 6.32. The molecule has 3 rings (SSSR count). The molecule has 2 saturated heterocycles.